The van der Waals surface area contributed by atoms with Crippen molar-refractivity contribution in [3.05, 3.63) is 34.5 Å². The van der Waals surface area contributed by atoms with E-state index in [1.54, 1.807) is 0 Å². The summed E-state index contributed by atoms with van der Waals surface area (Å²) < 4.78 is 2.13. The molecule has 4 nitrogen and oxygen atoms in total. The van der Waals surface area contributed by atoms with Crippen molar-refractivity contribution in [1.82, 2.24) is 15.1 Å². The fraction of sp³-hybridized carbons (Fsp3) is 0.600. The van der Waals surface area contributed by atoms with E-state index in [2.05, 4.69) is 63.7 Å². The second-order valence-corrected chi connectivity index (χ2v) is 9.30. The molecular formula is C25H37ClN4. The van der Waals surface area contributed by atoms with Crippen molar-refractivity contribution in [3.8, 4) is 11.1 Å². The monoisotopic (exact) mass is 428 g/mol. The van der Waals surface area contributed by atoms with Gasteiger partial charge in [-0.05, 0) is 83.5 Å². The number of fused-ring (bicyclic) bond motifs is 1. The van der Waals surface area contributed by atoms with Gasteiger partial charge in [0, 0.05) is 17.2 Å². The first-order valence-electron chi connectivity index (χ1n) is 11.4. The third-order valence-corrected chi connectivity index (χ3v) is 6.66. The molecule has 1 aliphatic heterocycles. The Bertz CT molecular complexity index is 892. The Morgan fingerprint density at radius 3 is 2.37 bits per heavy atom. The van der Waals surface area contributed by atoms with Gasteiger partial charge in [-0.25, -0.2) is 9.67 Å². The van der Waals surface area contributed by atoms with Gasteiger partial charge in [0.2, 0.25) is 0 Å². The van der Waals surface area contributed by atoms with Gasteiger partial charge in [0.1, 0.15) is 0 Å². The summed E-state index contributed by atoms with van der Waals surface area (Å²) in [4.78, 5) is 5.18. The minimum absolute atomic E-state index is 0.138. The van der Waals surface area contributed by atoms with Gasteiger partial charge in [0.15, 0.2) is 5.82 Å². The van der Waals surface area contributed by atoms with Crippen LogP contribution in [0.4, 0.5) is 5.82 Å². The second kappa shape index (κ2) is 9.65. The van der Waals surface area contributed by atoms with Crippen molar-refractivity contribution in [1.29, 1.82) is 0 Å². The van der Waals surface area contributed by atoms with Crippen LogP contribution < -0.4 is 5.32 Å². The molecule has 3 rings (SSSR count). The fourth-order valence-electron chi connectivity index (χ4n) is 4.85. The number of nitrogens with zero attached hydrogens (tertiary/aromatic N) is 3. The van der Waals surface area contributed by atoms with Crippen LogP contribution in [0.2, 0.25) is 0 Å². The van der Waals surface area contributed by atoms with Crippen LogP contribution in [0, 0.1) is 27.7 Å². The molecule has 0 bridgehead atoms. The maximum absolute atomic E-state index is 5.97. The molecule has 1 atom stereocenters. The van der Waals surface area contributed by atoms with Crippen molar-refractivity contribution in [2.24, 2.45) is 4.99 Å². The molecule has 1 aliphatic rings. The van der Waals surface area contributed by atoms with Crippen LogP contribution in [0.1, 0.15) is 68.3 Å². The lowest BCUT2D eigenvalue weighted by molar-refractivity contribution is 0.321. The van der Waals surface area contributed by atoms with Crippen molar-refractivity contribution in [2.45, 2.75) is 85.7 Å². The van der Waals surface area contributed by atoms with E-state index in [9.17, 15) is 0 Å². The first-order valence-corrected chi connectivity index (χ1v) is 11.9. The number of nitrogens with one attached hydrogen (secondary N) is 1. The largest absolute Gasteiger partial charge is 0.305 e. The van der Waals surface area contributed by atoms with Crippen molar-refractivity contribution in [3.63, 3.8) is 0 Å². The van der Waals surface area contributed by atoms with E-state index in [1.165, 1.54) is 46.4 Å². The highest BCUT2D eigenvalue weighted by atomic mass is 35.5. The van der Waals surface area contributed by atoms with E-state index in [4.69, 9.17) is 21.7 Å². The van der Waals surface area contributed by atoms with Crippen LogP contribution in [-0.4, -0.2) is 33.5 Å². The predicted molar refractivity (Wildman–Crippen MR) is 130 cm³/mol. The normalized spacial score (nSPS) is 18.4. The van der Waals surface area contributed by atoms with Gasteiger partial charge in [-0.15, -0.1) is 11.6 Å². The molecule has 30 heavy (non-hydrogen) atoms. The molecule has 0 aliphatic carbocycles. The lowest BCUT2D eigenvalue weighted by atomic mass is 9.86. The Morgan fingerprint density at radius 2 is 1.73 bits per heavy atom. The number of aryl methyl sites for hydroxylation is 4. The standard InChI is InChI=1S/C25H37ClN4/c1-7-8-13-27-25(11-9-10-12-26)16-30-24(28-21(25)6)23(20(5)29-30)22-18(3)14-17(2)15-19(22)4/h14-15,27H,7-13,16H2,1-6H3. The van der Waals surface area contributed by atoms with Crippen LogP contribution in [-0.2, 0) is 6.54 Å². The van der Waals surface area contributed by atoms with Crippen molar-refractivity contribution in [2.75, 3.05) is 12.4 Å². The van der Waals surface area contributed by atoms with Crippen LogP contribution in [0.3, 0.4) is 0 Å². The number of hydrogen-bond acceptors (Lipinski definition) is 3. The number of aliphatic imine (C=N–C) groups is 1. The number of alkyl halides is 1. The molecule has 0 amide bonds. The third kappa shape index (κ3) is 4.50. The van der Waals surface area contributed by atoms with Crippen LogP contribution in [0.15, 0.2) is 17.1 Å². The van der Waals surface area contributed by atoms with E-state index >= 15 is 0 Å². The average Bonchev–Trinajstić information content (AvgIpc) is 2.97. The smallest absolute Gasteiger partial charge is 0.158 e. The minimum atomic E-state index is -0.138. The summed E-state index contributed by atoms with van der Waals surface area (Å²) in [6.45, 7) is 14.9. The van der Waals surface area contributed by atoms with Gasteiger partial charge < -0.3 is 5.32 Å². The molecule has 5 heteroatoms. The van der Waals surface area contributed by atoms with Gasteiger partial charge in [-0.2, -0.15) is 5.10 Å². The van der Waals surface area contributed by atoms with Gasteiger partial charge in [0.25, 0.3) is 0 Å². The van der Waals surface area contributed by atoms with Crippen LogP contribution >= 0.6 is 11.6 Å². The summed E-state index contributed by atoms with van der Waals surface area (Å²) in [7, 11) is 0. The van der Waals surface area contributed by atoms with Crippen LogP contribution in [0.5, 0.6) is 0 Å². The SMILES string of the molecule is CCCCNC1(CCCCCl)Cn2nc(C)c(-c3c(C)cc(C)cc3C)c2N=C1C. The Hall–Kier alpha value is -1.65. The zero-order chi connectivity index (χ0) is 21.9. The van der Waals surface area contributed by atoms with E-state index in [0.717, 1.165) is 43.9 Å². The molecule has 0 fully saturated rings. The Labute approximate surface area is 187 Å². The highest BCUT2D eigenvalue weighted by molar-refractivity contribution is 6.17. The maximum Gasteiger partial charge on any atom is 0.158 e. The molecule has 1 unspecified atom stereocenters. The summed E-state index contributed by atoms with van der Waals surface area (Å²) in [5.41, 5.74) is 8.44. The third-order valence-electron chi connectivity index (χ3n) is 6.39. The lowest BCUT2D eigenvalue weighted by Gasteiger charge is -2.38. The molecule has 1 aromatic carbocycles. The average molecular weight is 429 g/mol. The van der Waals surface area contributed by atoms with E-state index in [0.29, 0.717) is 5.88 Å². The van der Waals surface area contributed by atoms with Gasteiger partial charge in [-0.3, -0.25) is 0 Å². The number of halogens is 1. The molecule has 164 valence electrons. The van der Waals surface area contributed by atoms with Crippen molar-refractivity contribution >= 4 is 23.1 Å². The van der Waals surface area contributed by atoms with Crippen molar-refractivity contribution < 1.29 is 0 Å². The number of unbranched alkanes of at least 4 members (excludes halogenated alkanes) is 2. The minimum Gasteiger partial charge on any atom is -0.305 e. The summed E-state index contributed by atoms with van der Waals surface area (Å²) >= 11 is 5.97. The number of aromatic nitrogens is 2. The Kier molecular flexibility index (Phi) is 7.41. The molecule has 0 saturated heterocycles. The molecule has 0 spiro atoms. The highest BCUT2D eigenvalue weighted by Gasteiger charge is 2.38. The van der Waals surface area contributed by atoms with E-state index in [1.807, 2.05) is 0 Å². The second-order valence-electron chi connectivity index (χ2n) is 8.92. The van der Waals surface area contributed by atoms with Gasteiger partial charge >= 0.3 is 0 Å². The maximum atomic E-state index is 5.97. The van der Waals surface area contributed by atoms with Gasteiger partial charge in [-0.1, -0.05) is 31.0 Å². The van der Waals surface area contributed by atoms with Crippen LogP contribution in [0.25, 0.3) is 11.1 Å². The summed E-state index contributed by atoms with van der Waals surface area (Å²) in [5.74, 6) is 1.72. The number of hydrogen-bond donors (Lipinski definition) is 1. The highest BCUT2D eigenvalue weighted by Crippen LogP contribution is 2.41. The first-order chi connectivity index (χ1) is 14.3. The van der Waals surface area contributed by atoms with Gasteiger partial charge in [0.05, 0.1) is 17.8 Å². The van der Waals surface area contributed by atoms with E-state index < -0.39 is 0 Å². The predicted octanol–water partition coefficient (Wildman–Crippen LogP) is 6.43. The number of benzene rings is 1. The number of rotatable bonds is 9. The molecule has 2 heterocycles. The first kappa shape index (κ1) is 23.0. The molecule has 2 aromatic rings. The molecule has 1 N–H and O–H groups in total. The topological polar surface area (TPSA) is 42.2 Å². The zero-order valence-corrected chi connectivity index (χ0v) is 20.3. The van der Waals surface area contributed by atoms with E-state index in [-0.39, 0.29) is 5.54 Å². The Morgan fingerprint density at radius 1 is 1.03 bits per heavy atom. The molecule has 0 radical (unpaired) electrons. The lowest BCUT2D eigenvalue weighted by Crippen LogP contribution is -2.56. The molecular weight excluding hydrogens is 392 g/mol. The fourth-order valence-corrected chi connectivity index (χ4v) is 5.04. The Balaban J connectivity index is 2.04. The summed E-state index contributed by atoms with van der Waals surface area (Å²) in [6, 6.07) is 4.52. The summed E-state index contributed by atoms with van der Waals surface area (Å²) in [5, 5.41) is 8.81. The quantitative estimate of drug-likeness (QED) is 0.369. The summed E-state index contributed by atoms with van der Waals surface area (Å²) in [6.07, 6.45) is 5.51. The molecule has 0 saturated carbocycles. The molecule has 1 aromatic heterocycles. The zero-order valence-electron chi connectivity index (χ0n) is 19.5.